The summed E-state index contributed by atoms with van der Waals surface area (Å²) in [6.07, 6.45) is 2.59. The zero-order valence-electron chi connectivity index (χ0n) is 15.3. The molecule has 0 aliphatic heterocycles. The molecule has 5 nitrogen and oxygen atoms in total. The number of pyridine rings is 1. The first-order chi connectivity index (χ1) is 12.5. The summed E-state index contributed by atoms with van der Waals surface area (Å²) < 4.78 is 13.2. The van der Waals surface area contributed by atoms with E-state index < -0.39 is 0 Å². The molecule has 0 bridgehead atoms. The Hall–Kier alpha value is -2.18. The molecular formula is C19H25ClFN5. The topological polar surface area (TPSA) is 52.6 Å². The van der Waals surface area contributed by atoms with Crippen molar-refractivity contribution in [2.75, 3.05) is 34.2 Å². The number of likely N-dealkylation sites (N-methyl/N-ethyl adjacent to an activating group) is 1. The lowest BCUT2D eigenvalue weighted by Crippen LogP contribution is -2.42. The normalized spacial score (nSPS) is 12.9. The van der Waals surface area contributed by atoms with Crippen LogP contribution in [0, 0.1) is 5.82 Å². The number of rotatable bonds is 7. The number of nitrogens with one attached hydrogen (secondary N) is 2. The molecule has 26 heavy (non-hydrogen) atoms. The van der Waals surface area contributed by atoms with Crippen LogP contribution in [-0.2, 0) is 6.42 Å². The molecule has 0 radical (unpaired) electrons. The van der Waals surface area contributed by atoms with Gasteiger partial charge in [0, 0.05) is 26.3 Å². The van der Waals surface area contributed by atoms with E-state index in [4.69, 9.17) is 11.6 Å². The molecule has 0 aliphatic carbocycles. The summed E-state index contributed by atoms with van der Waals surface area (Å²) in [5, 5.41) is 7.11. The average molecular weight is 378 g/mol. The van der Waals surface area contributed by atoms with Gasteiger partial charge < -0.3 is 15.5 Å². The highest BCUT2D eigenvalue weighted by atomic mass is 35.5. The van der Waals surface area contributed by atoms with Crippen LogP contribution in [0.15, 0.2) is 47.6 Å². The van der Waals surface area contributed by atoms with Gasteiger partial charge in [-0.25, -0.2) is 9.37 Å². The van der Waals surface area contributed by atoms with Gasteiger partial charge in [0.15, 0.2) is 5.96 Å². The van der Waals surface area contributed by atoms with Gasteiger partial charge in [-0.2, -0.15) is 0 Å². The summed E-state index contributed by atoms with van der Waals surface area (Å²) in [5.74, 6) is 0.495. The van der Waals surface area contributed by atoms with Crippen molar-refractivity contribution in [1.82, 2.24) is 20.5 Å². The predicted molar refractivity (Wildman–Crippen MR) is 105 cm³/mol. The van der Waals surface area contributed by atoms with E-state index in [1.54, 1.807) is 19.3 Å². The summed E-state index contributed by atoms with van der Waals surface area (Å²) in [6, 6.07) is 10.4. The number of guanidine groups is 1. The number of nitrogens with zero attached hydrogens (tertiary/aromatic N) is 3. The monoisotopic (exact) mass is 377 g/mol. The number of aromatic nitrogens is 1. The van der Waals surface area contributed by atoms with Gasteiger partial charge in [0.2, 0.25) is 0 Å². The lowest BCUT2D eigenvalue weighted by atomic mass is 10.1. The lowest BCUT2D eigenvalue weighted by molar-refractivity contribution is 0.298. The number of benzene rings is 1. The van der Waals surface area contributed by atoms with Crippen molar-refractivity contribution in [1.29, 1.82) is 0 Å². The Kier molecular flexibility index (Phi) is 7.81. The highest BCUT2D eigenvalue weighted by Gasteiger charge is 2.14. The van der Waals surface area contributed by atoms with E-state index >= 15 is 0 Å². The number of hydrogen-bond acceptors (Lipinski definition) is 3. The SMILES string of the molecule is CN=C(NCCc1ccc(Cl)nc1)NCC(c1ccc(F)cc1)N(C)C. The van der Waals surface area contributed by atoms with Crippen molar-refractivity contribution in [2.45, 2.75) is 12.5 Å². The molecule has 1 heterocycles. The summed E-state index contributed by atoms with van der Waals surface area (Å²) in [6.45, 7) is 1.38. The van der Waals surface area contributed by atoms with E-state index in [-0.39, 0.29) is 11.9 Å². The van der Waals surface area contributed by atoms with E-state index in [0.717, 1.165) is 30.1 Å². The van der Waals surface area contributed by atoms with Gasteiger partial charge >= 0.3 is 0 Å². The molecule has 140 valence electrons. The standard InChI is InChI=1S/C19H25ClFN5/c1-22-19(23-11-10-14-4-9-18(20)24-12-14)25-13-17(26(2)3)15-5-7-16(21)8-6-15/h4-9,12,17H,10-11,13H2,1-3H3,(H2,22,23,25). The maximum absolute atomic E-state index is 13.2. The fourth-order valence-electron chi connectivity index (χ4n) is 2.58. The van der Waals surface area contributed by atoms with Gasteiger partial charge in [-0.1, -0.05) is 29.8 Å². The Bertz CT molecular complexity index is 701. The lowest BCUT2D eigenvalue weighted by Gasteiger charge is -2.26. The van der Waals surface area contributed by atoms with E-state index in [0.29, 0.717) is 11.7 Å². The van der Waals surface area contributed by atoms with Crippen molar-refractivity contribution in [3.8, 4) is 0 Å². The van der Waals surface area contributed by atoms with Crippen LogP contribution >= 0.6 is 11.6 Å². The second-order valence-corrected chi connectivity index (χ2v) is 6.54. The largest absolute Gasteiger partial charge is 0.356 e. The minimum Gasteiger partial charge on any atom is -0.356 e. The zero-order chi connectivity index (χ0) is 18.9. The molecule has 2 N–H and O–H groups in total. The Morgan fingerprint density at radius 1 is 1.19 bits per heavy atom. The van der Waals surface area contributed by atoms with Crippen LogP contribution in [-0.4, -0.2) is 50.1 Å². The van der Waals surface area contributed by atoms with Crippen molar-refractivity contribution in [3.05, 3.63) is 64.7 Å². The molecule has 0 spiro atoms. The average Bonchev–Trinajstić information content (AvgIpc) is 2.63. The minimum atomic E-state index is -0.228. The third-order valence-corrected chi connectivity index (χ3v) is 4.28. The molecular weight excluding hydrogens is 353 g/mol. The highest BCUT2D eigenvalue weighted by Crippen LogP contribution is 2.17. The fourth-order valence-corrected chi connectivity index (χ4v) is 2.69. The van der Waals surface area contributed by atoms with Gasteiger partial charge in [0.25, 0.3) is 0 Å². The van der Waals surface area contributed by atoms with Crippen LogP contribution in [0.1, 0.15) is 17.2 Å². The molecule has 2 rings (SSSR count). The maximum atomic E-state index is 13.2. The van der Waals surface area contributed by atoms with Crippen molar-refractivity contribution in [3.63, 3.8) is 0 Å². The van der Waals surface area contributed by atoms with Crippen LogP contribution in [0.3, 0.4) is 0 Å². The first-order valence-electron chi connectivity index (χ1n) is 8.46. The third-order valence-electron chi connectivity index (χ3n) is 4.06. The summed E-state index contributed by atoms with van der Waals surface area (Å²) in [7, 11) is 5.74. The molecule has 0 saturated heterocycles. The van der Waals surface area contributed by atoms with E-state index in [1.807, 2.05) is 32.3 Å². The summed E-state index contributed by atoms with van der Waals surface area (Å²) in [4.78, 5) is 10.4. The first-order valence-corrected chi connectivity index (χ1v) is 8.84. The molecule has 1 unspecified atom stereocenters. The van der Waals surface area contributed by atoms with Crippen LogP contribution in [0.25, 0.3) is 0 Å². The van der Waals surface area contributed by atoms with Gasteiger partial charge in [-0.3, -0.25) is 4.99 Å². The quantitative estimate of drug-likeness (QED) is 0.442. The molecule has 0 amide bonds. The van der Waals surface area contributed by atoms with Gasteiger partial charge in [0.1, 0.15) is 11.0 Å². The molecule has 1 aromatic carbocycles. The zero-order valence-corrected chi connectivity index (χ0v) is 16.1. The Balaban J connectivity index is 1.85. The number of aliphatic imine (C=N–C) groups is 1. The Morgan fingerprint density at radius 3 is 2.50 bits per heavy atom. The van der Waals surface area contributed by atoms with Crippen molar-refractivity contribution in [2.24, 2.45) is 4.99 Å². The van der Waals surface area contributed by atoms with E-state index in [1.165, 1.54) is 12.1 Å². The van der Waals surface area contributed by atoms with Crippen LogP contribution in [0.5, 0.6) is 0 Å². The second kappa shape index (κ2) is 10.1. The first kappa shape index (κ1) is 20.1. The molecule has 0 saturated carbocycles. The smallest absolute Gasteiger partial charge is 0.191 e. The van der Waals surface area contributed by atoms with Gasteiger partial charge in [-0.15, -0.1) is 0 Å². The fraction of sp³-hybridized carbons (Fsp3) is 0.368. The summed E-state index contributed by atoms with van der Waals surface area (Å²) in [5.41, 5.74) is 2.15. The van der Waals surface area contributed by atoms with Crippen molar-refractivity contribution >= 4 is 17.6 Å². The number of halogens is 2. The number of hydrogen-bond donors (Lipinski definition) is 2. The van der Waals surface area contributed by atoms with Gasteiger partial charge in [0.05, 0.1) is 6.04 Å². The van der Waals surface area contributed by atoms with E-state index in [9.17, 15) is 4.39 Å². The highest BCUT2D eigenvalue weighted by molar-refractivity contribution is 6.29. The van der Waals surface area contributed by atoms with E-state index in [2.05, 4.69) is 25.5 Å². The molecule has 0 aliphatic rings. The van der Waals surface area contributed by atoms with Gasteiger partial charge in [-0.05, 0) is 49.8 Å². The minimum absolute atomic E-state index is 0.106. The van der Waals surface area contributed by atoms with Crippen LogP contribution < -0.4 is 10.6 Å². The molecule has 1 atom stereocenters. The molecule has 0 fully saturated rings. The van der Waals surface area contributed by atoms with Crippen molar-refractivity contribution < 1.29 is 4.39 Å². The molecule has 2 aromatic rings. The third kappa shape index (κ3) is 6.28. The Labute approximate surface area is 159 Å². The maximum Gasteiger partial charge on any atom is 0.191 e. The Morgan fingerprint density at radius 2 is 1.92 bits per heavy atom. The second-order valence-electron chi connectivity index (χ2n) is 6.15. The van der Waals surface area contributed by atoms with Crippen LogP contribution in [0.2, 0.25) is 5.15 Å². The molecule has 7 heteroatoms. The summed E-state index contributed by atoms with van der Waals surface area (Å²) >= 11 is 5.79. The molecule has 1 aromatic heterocycles. The van der Waals surface area contributed by atoms with Crippen LogP contribution in [0.4, 0.5) is 4.39 Å². The predicted octanol–water partition coefficient (Wildman–Crippen LogP) is 2.88.